The summed E-state index contributed by atoms with van der Waals surface area (Å²) in [7, 11) is 0. The minimum Gasteiger partial charge on any atom is -0.269 e. The second kappa shape index (κ2) is 2.37. The van der Waals surface area contributed by atoms with Gasteiger partial charge in [0.2, 0.25) is 0 Å². The SMILES string of the molecule is O=C(F)C(F)(F)n1ccnc1. The highest BCUT2D eigenvalue weighted by molar-refractivity contribution is 5.73. The second-order valence-electron chi connectivity index (χ2n) is 1.78. The van der Waals surface area contributed by atoms with Gasteiger partial charge in [-0.25, -0.2) is 4.98 Å². The highest BCUT2D eigenvalue weighted by Gasteiger charge is 2.41. The van der Waals surface area contributed by atoms with Crippen molar-refractivity contribution >= 4 is 6.04 Å². The van der Waals surface area contributed by atoms with Gasteiger partial charge in [-0.15, -0.1) is 0 Å². The van der Waals surface area contributed by atoms with Crippen molar-refractivity contribution in [2.75, 3.05) is 0 Å². The van der Waals surface area contributed by atoms with Gasteiger partial charge in [0.25, 0.3) is 0 Å². The Morgan fingerprint density at radius 2 is 2.18 bits per heavy atom. The Morgan fingerprint density at radius 1 is 1.55 bits per heavy atom. The van der Waals surface area contributed by atoms with E-state index in [1.807, 2.05) is 0 Å². The molecule has 0 spiro atoms. The van der Waals surface area contributed by atoms with E-state index in [0.717, 1.165) is 12.4 Å². The molecule has 0 aliphatic rings. The number of carbonyl (C=O) groups is 1. The fourth-order valence-electron chi connectivity index (χ4n) is 0.527. The fourth-order valence-corrected chi connectivity index (χ4v) is 0.527. The van der Waals surface area contributed by atoms with Crippen molar-refractivity contribution in [1.29, 1.82) is 0 Å². The van der Waals surface area contributed by atoms with Crippen LogP contribution in [0.2, 0.25) is 0 Å². The number of nitrogens with zero attached hydrogens (tertiary/aromatic N) is 2. The summed E-state index contributed by atoms with van der Waals surface area (Å²) < 4.78 is 36.3. The Kier molecular flexibility index (Phi) is 1.67. The molecular weight excluding hydrogens is 161 g/mol. The molecule has 0 bridgehead atoms. The third kappa shape index (κ3) is 1.24. The zero-order valence-electron chi connectivity index (χ0n) is 5.17. The molecule has 0 aliphatic heterocycles. The van der Waals surface area contributed by atoms with E-state index in [0.29, 0.717) is 6.33 Å². The topological polar surface area (TPSA) is 34.9 Å². The lowest BCUT2D eigenvalue weighted by Crippen LogP contribution is -2.28. The van der Waals surface area contributed by atoms with Crippen LogP contribution in [0.15, 0.2) is 18.7 Å². The largest absolute Gasteiger partial charge is 0.420 e. The fraction of sp³-hybridized carbons (Fsp3) is 0.200. The molecule has 0 saturated carbocycles. The van der Waals surface area contributed by atoms with Crippen LogP contribution in [0, 0.1) is 0 Å². The van der Waals surface area contributed by atoms with Crippen molar-refractivity contribution in [2.45, 2.75) is 6.05 Å². The van der Waals surface area contributed by atoms with Crippen molar-refractivity contribution < 1.29 is 18.0 Å². The Hall–Kier alpha value is -1.33. The highest BCUT2D eigenvalue weighted by Crippen LogP contribution is 2.21. The molecule has 11 heavy (non-hydrogen) atoms. The number of aromatic nitrogens is 2. The van der Waals surface area contributed by atoms with E-state index < -0.39 is 12.1 Å². The van der Waals surface area contributed by atoms with E-state index in [1.165, 1.54) is 0 Å². The van der Waals surface area contributed by atoms with Crippen LogP contribution in [-0.2, 0) is 10.8 Å². The van der Waals surface area contributed by atoms with Crippen LogP contribution in [0.25, 0.3) is 0 Å². The molecule has 0 atom stereocenters. The highest BCUT2D eigenvalue weighted by atomic mass is 19.3. The first-order chi connectivity index (χ1) is 5.05. The second-order valence-corrected chi connectivity index (χ2v) is 1.78. The molecule has 0 fully saturated rings. The molecule has 0 amide bonds. The van der Waals surface area contributed by atoms with Crippen molar-refractivity contribution in [1.82, 2.24) is 9.55 Å². The molecule has 1 heterocycles. The van der Waals surface area contributed by atoms with E-state index in [9.17, 15) is 18.0 Å². The van der Waals surface area contributed by atoms with Gasteiger partial charge in [0, 0.05) is 12.4 Å². The maximum absolute atomic E-state index is 12.3. The lowest BCUT2D eigenvalue weighted by molar-refractivity contribution is -0.171. The van der Waals surface area contributed by atoms with E-state index in [-0.39, 0.29) is 4.57 Å². The number of hydrogen-bond donors (Lipinski definition) is 0. The smallest absolute Gasteiger partial charge is 0.269 e. The van der Waals surface area contributed by atoms with Gasteiger partial charge in [-0.1, -0.05) is 0 Å². The van der Waals surface area contributed by atoms with Gasteiger partial charge in [-0.3, -0.25) is 9.36 Å². The summed E-state index contributed by atoms with van der Waals surface area (Å²) in [6, 6.07) is -6.83. The van der Waals surface area contributed by atoms with Gasteiger partial charge in [-0.2, -0.15) is 13.2 Å². The summed E-state index contributed by atoms with van der Waals surface area (Å²) in [6.45, 7) is 0. The lowest BCUT2D eigenvalue weighted by atomic mass is 10.5. The van der Waals surface area contributed by atoms with Gasteiger partial charge in [0.05, 0.1) is 6.33 Å². The zero-order chi connectivity index (χ0) is 8.48. The van der Waals surface area contributed by atoms with Gasteiger partial charge in [0.15, 0.2) is 0 Å². The van der Waals surface area contributed by atoms with Gasteiger partial charge in [-0.05, 0) is 0 Å². The monoisotopic (exact) mass is 164 g/mol. The summed E-state index contributed by atoms with van der Waals surface area (Å²) in [4.78, 5) is 12.9. The predicted octanol–water partition coefficient (Wildman–Crippen LogP) is 0.928. The number of halogens is 3. The number of imidazole rings is 1. The molecule has 60 valence electrons. The summed E-state index contributed by atoms with van der Waals surface area (Å²) in [5.74, 6) is 0. The maximum atomic E-state index is 12.3. The van der Waals surface area contributed by atoms with Crippen LogP contribution >= 0.6 is 0 Å². The number of alkyl halides is 2. The first-order valence-electron chi connectivity index (χ1n) is 2.61. The minimum absolute atomic E-state index is 0.0926. The molecule has 0 aromatic carbocycles. The summed E-state index contributed by atoms with van der Waals surface area (Å²) >= 11 is 0. The van der Waals surface area contributed by atoms with Crippen molar-refractivity contribution in [2.24, 2.45) is 0 Å². The van der Waals surface area contributed by atoms with Gasteiger partial charge >= 0.3 is 12.1 Å². The molecule has 1 aromatic rings. The molecule has 3 nitrogen and oxygen atoms in total. The standard InChI is InChI=1S/C5H3F3N2O/c6-4(11)5(7,8)10-2-1-9-3-10/h1-3H. The molecule has 0 N–H and O–H groups in total. The van der Waals surface area contributed by atoms with Crippen LogP contribution in [0.1, 0.15) is 0 Å². The Bertz CT molecular complexity index is 257. The molecule has 0 aliphatic carbocycles. The third-order valence-electron chi connectivity index (χ3n) is 1.07. The number of carbonyl (C=O) groups excluding carboxylic acids is 1. The molecule has 1 rings (SSSR count). The van der Waals surface area contributed by atoms with Crippen LogP contribution in [0.3, 0.4) is 0 Å². The zero-order valence-corrected chi connectivity index (χ0v) is 5.17. The van der Waals surface area contributed by atoms with Crippen molar-refractivity contribution in [3.8, 4) is 0 Å². The molecular formula is C5H3F3N2O. The first-order valence-corrected chi connectivity index (χ1v) is 2.61. The van der Waals surface area contributed by atoms with E-state index in [1.54, 1.807) is 0 Å². The van der Waals surface area contributed by atoms with Gasteiger partial charge in [0.1, 0.15) is 0 Å². The van der Waals surface area contributed by atoms with E-state index >= 15 is 0 Å². The van der Waals surface area contributed by atoms with E-state index in [4.69, 9.17) is 0 Å². The summed E-state index contributed by atoms with van der Waals surface area (Å²) in [6.07, 6.45) is 2.49. The average Bonchev–Trinajstić information content (AvgIpc) is 2.37. The normalized spacial score (nSPS) is 11.5. The molecule has 0 saturated heterocycles. The third-order valence-corrected chi connectivity index (χ3v) is 1.07. The molecule has 6 heteroatoms. The first kappa shape index (κ1) is 7.77. The van der Waals surface area contributed by atoms with Crippen molar-refractivity contribution in [3.63, 3.8) is 0 Å². The number of rotatable bonds is 2. The van der Waals surface area contributed by atoms with Crippen molar-refractivity contribution in [3.05, 3.63) is 18.7 Å². The van der Waals surface area contributed by atoms with E-state index in [2.05, 4.69) is 4.98 Å². The average molecular weight is 164 g/mol. The van der Waals surface area contributed by atoms with Crippen LogP contribution < -0.4 is 0 Å². The summed E-state index contributed by atoms with van der Waals surface area (Å²) in [5, 5.41) is 0. The minimum atomic E-state index is -4.13. The maximum Gasteiger partial charge on any atom is 0.420 e. The number of hydrogen-bond acceptors (Lipinski definition) is 2. The van der Waals surface area contributed by atoms with Gasteiger partial charge < -0.3 is 0 Å². The Balaban J connectivity index is 3.00. The molecule has 0 unspecified atom stereocenters. The van der Waals surface area contributed by atoms with Crippen LogP contribution in [-0.4, -0.2) is 15.6 Å². The summed E-state index contributed by atoms with van der Waals surface area (Å²) in [5.41, 5.74) is 0. The van der Waals surface area contributed by atoms with Crippen LogP contribution in [0.5, 0.6) is 0 Å². The lowest BCUT2D eigenvalue weighted by Gasteiger charge is -2.09. The molecule has 0 radical (unpaired) electrons. The molecule has 1 aromatic heterocycles. The Labute approximate surface area is 59.5 Å². The Morgan fingerprint density at radius 3 is 2.55 bits per heavy atom. The predicted molar refractivity (Wildman–Crippen MR) is 28.5 cm³/mol. The quantitative estimate of drug-likeness (QED) is 0.609. The van der Waals surface area contributed by atoms with Crippen LogP contribution in [0.4, 0.5) is 13.2 Å².